The summed E-state index contributed by atoms with van der Waals surface area (Å²) >= 11 is 0. The Morgan fingerprint density at radius 2 is 2.07 bits per heavy atom. The standard InChI is InChI=1S/C20H26N4O3/c1-14(2)24-12-16(9-19(24)25)21-20(26)18-10-17(27-22-18)13-23(3)11-15-7-5-4-6-8-15/h4-8,10,14,16H,9,11-13H2,1-3H3,(H,21,26)/t16-/m1/s1. The van der Waals surface area contributed by atoms with E-state index in [-0.39, 0.29) is 29.6 Å². The Labute approximate surface area is 159 Å². The van der Waals surface area contributed by atoms with Gasteiger partial charge < -0.3 is 14.7 Å². The number of hydrogen-bond acceptors (Lipinski definition) is 5. The molecular weight excluding hydrogens is 344 g/mol. The molecule has 2 amide bonds. The largest absolute Gasteiger partial charge is 0.359 e. The summed E-state index contributed by atoms with van der Waals surface area (Å²) in [5, 5.41) is 6.76. The zero-order valence-electron chi connectivity index (χ0n) is 16.0. The number of nitrogens with zero attached hydrogens (tertiary/aromatic N) is 3. The average Bonchev–Trinajstić information content (AvgIpc) is 3.22. The SMILES string of the molecule is CC(C)N1C[C@H](NC(=O)c2cc(CN(C)Cc3ccccc3)on2)CC1=O. The van der Waals surface area contributed by atoms with Gasteiger partial charge in [-0.05, 0) is 26.5 Å². The van der Waals surface area contributed by atoms with E-state index in [1.807, 2.05) is 39.1 Å². The van der Waals surface area contributed by atoms with Crippen molar-refractivity contribution in [2.75, 3.05) is 13.6 Å². The fourth-order valence-corrected chi connectivity index (χ4v) is 3.30. The third-order valence-corrected chi connectivity index (χ3v) is 4.63. The van der Waals surface area contributed by atoms with Gasteiger partial charge in [-0.15, -0.1) is 0 Å². The lowest BCUT2D eigenvalue weighted by Crippen LogP contribution is -2.39. The van der Waals surface area contributed by atoms with Gasteiger partial charge in [0.15, 0.2) is 11.5 Å². The number of benzene rings is 1. The first-order valence-electron chi connectivity index (χ1n) is 9.20. The third-order valence-electron chi connectivity index (χ3n) is 4.63. The van der Waals surface area contributed by atoms with Crippen LogP contribution in [0.3, 0.4) is 0 Å². The van der Waals surface area contributed by atoms with E-state index in [0.717, 1.165) is 6.54 Å². The van der Waals surface area contributed by atoms with Gasteiger partial charge in [0.25, 0.3) is 5.91 Å². The lowest BCUT2D eigenvalue weighted by Gasteiger charge is -2.20. The number of hydrogen-bond donors (Lipinski definition) is 1. The van der Waals surface area contributed by atoms with E-state index in [1.54, 1.807) is 11.0 Å². The van der Waals surface area contributed by atoms with E-state index < -0.39 is 0 Å². The van der Waals surface area contributed by atoms with Crippen molar-refractivity contribution in [3.8, 4) is 0 Å². The second-order valence-corrected chi connectivity index (χ2v) is 7.35. The molecule has 7 heteroatoms. The average molecular weight is 370 g/mol. The molecule has 1 aliphatic rings. The summed E-state index contributed by atoms with van der Waals surface area (Å²) in [7, 11) is 1.99. The summed E-state index contributed by atoms with van der Waals surface area (Å²) < 4.78 is 5.31. The molecule has 1 atom stereocenters. The van der Waals surface area contributed by atoms with Gasteiger partial charge in [-0.3, -0.25) is 14.5 Å². The molecule has 144 valence electrons. The third kappa shape index (κ3) is 4.95. The Morgan fingerprint density at radius 3 is 2.74 bits per heavy atom. The monoisotopic (exact) mass is 370 g/mol. The van der Waals surface area contributed by atoms with Crippen LogP contribution >= 0.6 is 0 Å². The predicted octanol–water partition coefficient (Wildman–Crippen LogP) is 2.05. The van der Waals surface area contributed by atoms with Gasteiger partial charge in [0.1, 0.15) is 0 Å². The van der Waals surface area contributed by atoms with Crippen LogP contribution in [-0.2, 0) is 17.9 Å². The summed E-state index contributed by atoms with van der Waals surface area (Å²) in [5.41, 5.74) is 1.45. The van der Waals surface area contributed by atoms with Crippen LogP contribution < -0.4 is 5.32 Å². The van der Waals surface area contributed by atoms with Crippen molar-refractivity contribution in [2.24, 2.45) is 0 Å². The van der Waals surface area contributed by atoms with Crippen LogP contribution in [0.15, 0.2) is 40.9 Å². The molecule has 3 rings (SSSR count). The highest BCUT2D eigenvalue weighted by Gasteiger charge is 2.32. The zero-order valence-corrected chi connectivity index (χ0v) is 16.0. The van der Waals surface area contributed by atoms with E-state index in [9.17, 15) is 9.59 Å². The molecule has 1 aromatic carbocycles. The Morgan fingerprint density at radius 1 is 1.33 bits per heavy atom. The van der Waals surface area contributed by atoms with Gasteiger partial charge in [0.05, 0.1) is 12.6 Å². The topological polar surface area (TPSA) is 78.7 Å². The summed E-state index contributed by atoms with van der Waals surface area (Å²) in [6, 6.07) is 11.8. The maximum atomic E-state index is 12.4. The summed E-state index contributed by atoms with van der Waals surface area (Å²) in [6.45, 7) is 5.80. The zero-order chi connectivity index (χ0) is 19.4. The molecule has 0 aliphatic carbocycles. The van der Waals surface area contributed by atoms with Crippen LogP contribution in [0.5, 0.6) is 0 Å². The number of aromatic nitrogens is 1. The van der Waals surface area contributed by atoms with Gasteiger partial charge in [0.2, 0.25) is 5.91 Å². The van der Waals surface area contributed by atoms with Gasteiger partial charge in [-0.2, -0.15) is 0 Å². The molecule has 27 heavy (non-hydrogen) atoms. The first-order chi connectivity index (χ1) is 12.9. The van der Waals surface area contributed by atoms with Crippen LogP contribution in [0.25, 0.3) is 0 Å². The minimum atomic E-state index is -0.306. The minimum Gasteiger partial charge on any atom is -0.359 e. The molecule has 1 saturated heterocycles. The summed E-state index contributed by atoms with van der Waals surface area (Å²) in [6.07, 6.45) is 0.328. The Balaban J connectivity index is 1.52. The lowest BCUT2D eigenvalue weighted by molar-refractivity contribution is -0.129. The van der Waals surface area contributed by atoms with E-state index in [4.69, 9.17) is 4.52 Å². The van der Waals surface area contributed by atoms with Gasteiger partial charge >= 0.3 is 0 Å². The van der Waals surface area contributed by atoms with E-state index in [1.165, 1.54) is 5.56 Å². The van der Waals surface area contributed by atoms with Crippen molar-refractivity contribution < 1.29 is 14.1 Å². The predicted molar refractivity (Wildman–Crippen MR) is 101 cm³/mol. The highest BCUT2D eigenvalue weighted by Crippen LogP contribution is 2.15. The summed E-state index contributed by atoms with van der Waals surface area (Å²) in [4.78, 5) is 28.2. The van der Waals surface area contributed by atoms with Crippen LogP contribution in [0.4, 0.5) is 0 Å². The Kier molecular flexibility index (Phi) is 5.91. The molecule has 0 bridgehead atoms. The smallest absolute Gasteiger partial charge is 0.273 e. The molecule has 1 aliphatic heterocycles. The maximum Gasteiger partial charge on any atom is 0.273 e. The molecule has 0 spiro atoms. The highest BCUT2D eigenvalue weighted by molar-refractivity contribution is 5.93. The number of likely N-dealkylation sites (tertiary alicyclic amines) is 1. The van der Waals surface area contributed by atoms with Crippen molar-refractivity contribution >= 4 is 11.8 Å². The maximum absolute atomic E-state index is 12.4. The number of amides is 2. The molecule has 2 heterocycles. The van der Waals surface area contributed by atoms with Crippen LogP contribution in [-0.4, -0.2) is 52.4 Å². The summed E-state index contributed by atoms with van der Waals surface area (Å²) in [5.74, 6) is 0.391. The molecule has 0 saturated carbocycles. The lowest BCUT2D eigenvalue weighted by atomic mass is 10.2. The van der Waals surface area contributed by atoms with Gasteiger partial charge in [0, 0.05) is 31.6 Å². The molecular formula is C20H26N4O3. The van der Waals surface area contributed by atoms with Crippen LogP contribution in [0, 0.1) is 0 Å². The molecule has 1 fully saturated rings. The molecule has 2 aromatic rings. The molecule has 1 N–H and O–H groups in total. The fourth-order valence-electron chi connectivity index (χ4n) is 3.30. The van der Waals surface area contributed by atoms with E-state index in [0.29, 0.717) is 25.3 Å². The molecule has 0 unspecified atom stereocenters. The van der Waals surface area contributed by atoms with Gasteiger partial charge in [-0.25, -0.2) is 0 Å². The van der Waals surface area contributed by atoms with Crippen molar-refractivity contribution in [2.45, 2.75) is 45.4 Å². The van der Waals surface area contributed by atoms with Crippen LogP contribution in [0.1, 0.15) is 42.1 Å². The molecule has 1 aromatic heterocycles. The highest BCUT2D eigenvalue weighted by atomic mass is 16.5. The van der Waals surface area contributed by atoms with Crippen LogP contribution in [0.2, 0.25) is 0 Å². The number of nitrogens with one attached hydrogen (secondary N) is 1. The Bertz CT molecular complexity index is 788. The fraction of sp³-hybridized carbons (Fsp3) is 0.450. The first kappa shape index (κ1) is 19.1. The van der Waals surface area contributed by atoms with Crippen molar-refractivity contribution in [3.05, 3.63) is 53.4 Å². The molecule has 7 nitrogen and oxygen atoms in total. The normalized spacial score (nSPS) is 17.1. The number of rotatable bonds is 7. The van der Waals surface area contributed by atoms with E-state index in [2.05, 4.69) is 27.5 Å². The molecule has 0 radical (unpaired) electrons. The number of carbonyl (C=O) groups excluding carboxylic acids is 2. The quantitative estimate of drug-likeness (QED) is 0.807. The second-order valence-electron chi connectivity index (χ2n) is 7.35. The van der Waals surface area contributed by atoms with Gasteiger partial charge in [-0.1, -0.05) is 35.5 Å². The Hall–Kier alpha value is -2.67. The number of carbonyl (C=O) groups is 2. The van der Waals surface area contributed by atoms with Crippen molar-refractivity contribution in [3.63, 3.8) is 0 Å². The second kappa shape index (κ2) is 8.35. The van der Waals surface area contributed by atoms with E-state index >= 15 is 0 Å². The van der Waals surface area contributed by atoms with Crippen molar-refractivity contribution in [1.29, 1.82) is 0 Å². The minimum absolute atomic E-state index is 0.0682. The first-order valence-corrected chi connectivity index (χ1v) is 9.20. The van der Waals surface area contributed by atoms with Crippen molar-refractivity contribution in [1.82, 2.24) is 20.3 Å².